The zero-order valence-electron chi connectivity index (χ0n) is 52.6. The Kier molecular flexibility index (Phi) is 21.0. The Labute approximate surface area is 518 Å². The summed E-state index contributed by atoms with van der Waals surface area (Å²) in [5.41, 5.74) is 6.19. The number of carbonyl (C=O) groups is 5. The number of ether oxygens (including phenoxy) is 3. The number of hydrogen-bond acceptors (Lipinski definition) is 14. The minimum absolute atomic E-state index is 0.00715. The van der Waals surface area contributed by atoms with Crippen molar-refractivity contribution in [1.29, 1.82) is 0 Å². The number of benzene rings is 2. The summed E-state index contributed by atoms with van der Waals surface area (Å²) < 4.78 is 17.1. The van der Waals surface area contributed by atoms with E-state index in [1.807, 2.05) is 89.5 Å². The Bertz CT molecular complexity index is 3280. The average molecular weight is 1210 g/mol. The maximum Gasteiger partial charge on any atom is 0.411 e. The number of likely N-dealkylation sites (tertiary alicyclic amines) is 2. The molecule has 0 radical (unpaired) electrons. The van der Waals surface area contributed by atoms with Crippen molar-refractivity contribution in [2.45, 2.75) is 129 Å². The molecule has 0 bridgehead atoms. The van der Waals surface area contributed by atoms with Gasteiger partial charge in [-0.1, -0.05) is 38.3 Å². The van der Waals surface area contributed by atoms with E-state index in [1.165, 1.54) is 4.90 Å². The first kappa shape index (κ1) is 63.4. The lowest BCUT2D eigenvalue weighted by Crippen LogP contribution is -2.57. The molecule has 472 valence electrons. The molecule has 4 saturated heterocycles. The number of aryl methyl sites for hydroxylation is 1. The Morgan fingerprint density at radius 3 is 2.22 bits per heavy atom. The maximum atomic E-state index is 14.6. The molecule has 2 atom stereocenters. The van der Waals surface area contributed by atoms with Crippen molar-refractivity contribution in [2.75, 3.05) is 110 Å². The van der Waals surface area contributed by atoms with Gasteiger partial charge in [0.25, 0.3) is 17.4 Å². The first-order valence-corrected chi connectivity index (χ1v) is 32.2. The van der Waals surface area contributed by atoms with Gasteiger partial charge in [0, 0.05) is 126 Å². The minimum Gasteiger partial charge on any atom is -0.497 e. The third-order valence-corrected chi connectivity index (χ3v) is 18.4. The van der Waals surface area contributed by atoms with E-state index in [0.717, 1.165) is 149 Å². The Morgan fingerprint density at radius 2 is 1.51 bits per heavy atom. The summed E-state index contributed by atoms with van der Waals surface area (Å²) in [6.45, 7) is 19.7. The second kappa shape index (κ2) is 29.2. The molecule has 0 unspecified atom stereocenters. The highest BCUT2D eigenvalue weighted by atomic mass is 16.6. The number of pyridine rings is 3. The highest BCUT2D eigenvalue weighted by Crippen LogP contribution is 2.32. The topological polar surface area (TPSA) is 206 Å². The number of fused-ring (bicyclic) bond motifs is 1. The second-order valence-electron chi connectivity index (χ2n) is 25.7. The van der Waals surface area contributed by atoms with Crippen LogP contribution in [0.15, 0.2) is 83.9 Å². The molecule has 4 aliphatic heterocycles. The van der Waals surface area contributed by atoms with Crippen LogP contribution in [0, 0.1) is 11.8 Å². The van der Waals surface area contributed by atoms with E-state index in [2.05, 4.69) is 35.0 Å². The van der Waals surface area contributed by atoms with Crippen LogP contribution in [0.25, 0.3) is 11.0 Å². The molecule has 5 aliphatic rings. The highest BCUT2D eigenvalue weighted by molar-refractivity contribution is 5.98. The molecule has 10 rings (SSSR count). The van der Waals surface area contributed by atoms with Gasteiger partial charge < -0.3 is 44.1 Å². The van der Waals surface area contributed by atoms with E-state index in [-0.39, 0.29) is 54.1 Å². The van der Waals surface area contributed by atoms with Gasteiger partial charge in [-0.05, 0) is 144 Å². The van der Waals surface area contributed by atoms with E-state index in [1.54, 1.807) is 46.1 Å². The molecule has 20 nitrogen and oxygen atoms in total. The number of hydrogen-bond donors (Lipinski definition) is 2. The number of piperidine rings is 2. The Morgan fingerprint density at radius 1 is 0.750 bits per heavy atom. The van der Waals surface area contributed by atoms with Gasteiger partial charge in [0.05, 0.1) is 43.2 Å². The first-order chi connectivity index (χ1) is 42.5. The third kappa shape index (κ3) is 16.2. The summed E-state index contributed by atoms with van der Waals surface area (Å²) in [6, 6.07) is 20.2. The predicted molar refractivity (Wildman–Crippen MR) is 339 cm³/mol. The van der Waals surface area contributed by atoms with Gasteiger partial charge in [-0.15, -0.1) is 0 Å². The fraction of sp³-hybridized carbons (Fsp3) is 0.559. The molecular weight excluding hydrogens is 1110 g/mol. The van der Waals surface area contributed by atoms with Crippen LogP contribution in [-0.4, -0.2) is 191 Å². The molecule has 5 aromatic rings. The number of H-pyrrole nitrogens is 1. The number of aromatic amines is 1. The van der Waals surface area contributed by atoms with E-state index in [4.69, 9.17) is 14.2 Å². The van der Waals surface area contributed by atoms with Crippen LogP contribution in [0.1, 0.15) is 141 Å². The van der Waals surface area contributed by atoms with Crippen LogP contribution in [-0.2, 0) is 33.8 Å². The third-order valence-electron chi connectivity index (χ3n) is 18.4. The van der Waals surface area contributed by atoms with Gasteiger partial charge in [-0.2, -0.15) is 0 Å². The lowest BCUT2D eigenvalue weighted by atomic mass is 9.83. The largest absolute Gasteiger partial charge is 0.497 e. The smallest absolute Gasteiger partial charge is 0.411 e. The molecule has 0 spiro atoms. The Hall–Kier alpha value is -7.58. The molecule has 88 heavy (non-hydrogen) atoms. The summed E-state index contributed by atoms with van der Waals surface area (Å²) in [4.78, 5) is 110. The molecule has 2 aromatic carbocycles. The van der Waals surface area contributed by atoms with Crippen LogP contribution in [0.3, 0.4) is 0 Å². The zero-order chi connectivity index (χ0) is 61.9. The molecule has 5 fully saturated rings. The number of nitrogens with one attached hydrogen (secondary N) is 2. The van der Waals surface area contributed by atoms with Crippen molar-refractivity contribution in [3.05, 3.63) is 123 Å². The standard InChI is InChI=1S/C68H91N11O9/c1-7-49-38-58-59(71-63(49)81)36-48(40-69-58)43-74-28-32-75(33-29-74)55-20-22-57(70-41-55)65(83)76-26-23-47(24-27-76)42-73-30-34-77(35-31-73)66(84)62(50-14-10-9-11-15-50)72-64(82)52-17-12-16-51(37-52)53-18-13-25-78(44-53)61(80)46-79(67(85)88-68(3,4)5)45-54-19-21-56(86-6)39-60(54)87-8-2/h12,16-17,19-22,36-41,47,50,53,62H,7-11,13-15,18,23-35,42-46H2,1-6H3,(H,71,81)(H,72,82)/t53-,62-/m1/s1. The van der Waals surface area contributed by atoms with Crippen molar-refractivity contribution >= 4 is 46.4 Å². The number of aromatic nitrogens is 3. The second-order valence-corrected chi connectivity index (χ2v) is 25.7. The molecule has 5 amide bonds. The SMILES string of the molecule is CCOc1cc(OC)ccc1CN(CC(=O)N1CCC[C@@H](c2cccc(C(=O)N[C@@H](C(=O)N3CCN(CC4CCN(C(=O)c5ccc(N6CCN(Cc7cnc8cc(CC)c(=O)[nH]c8c7)CC6)cn5)CC4)CC3)C3CCCCC3)c2)C1)C(=O)OC(C)(C)C. The lowest BCUT2D eigenvalue weighted by Gasteiger charge is -2.41. The lowest BCUT2D eigenvalue weighted by molar-refractivity contribution is -0.137. The average Bonchev–Trinajstić information content (AvgIpc) is 3.68. The summed E-state index contributed by atoms with van der Waals surface area (Å²) in [7, 11) is 1.58. The van der Waals surface area contributed by atoms with Gasteiger partial charge in [0.15, 0.2) is 0 Å². The van der Waals surface area contributed by atoms with Gasteiger partial charge in [0.1, 0.15) is 35.4 Å². The molecule has 7 heterocycles. The number of rotatable bonds is 19. The quantitative estimate of drug-likeness (QED) is 0.0801. The van der Waals surface area contributed by atoms with Crippen molar-refractivity contribution in [2.24, 2.45) is 11.8 Å². The zero-order valence-corrected chi connectivity index (χ0v) is 52.6. The Balaban J connectivity index is 0.678. The molecule has 1 saturated carbocycles. The van der Waals surface area contributed by atoms with Crippen LogP contribution in [0.2, 0.25) is 0 Å². The van der Waals surface area contributed by atoms with Crippen molar-refractivity contribution in [3.8, 4) is 11.5 Å². The van der Waals surface area contributed by atoms with Crippen LogP contribution in [0.4, 0.5) is 10.5 Å². The number of piperazine rings is 2. The number of amides is 5. The highest BCUT2D eigenvalue weighted by Gasteiger charge is 2.37. The number of carbonyl (C=O) groups excluding carboxylic acids is 5. The van der Waals surface area contributed by atoms with Crippen molar-refractivity contribution in [3.63, 3.8) is 0 Å². The molecule has 1 aliphatic carbocycles. The van der Waals surface area contributed by atoms with Crippen molar-refractivity contribution in [1.82, 2.24) is 49.7 Å². The number of nitrogens with zero attached hydrogens (tertiary/aromatic N) is 9. The van der Waals surface area contributed by atoms with Gasteiger partial charge in [-0.3, -0.25) is 43.7 Å². The summed E-state index contributed by atoms with van der Waals surface area (Å²) >= 11 is 0. The van der Waals surface area contributed by atoms with E-state index in [0.29, 0.717) is 81.0 Å². The summed E-state index contributed by atoms with van der Waals surface area (Å²) in [6.07, 6.45) is 12.2. The fourth-order valence-electron chi connectivity index (χ4n) is 13.4. The van der Waals surface area contributed by atoms with Gasteiger partial charge in [0.2, 0.25) is 11.8 Å². The van der Waals surface area contributed by atoms with Crippen LogP contribution in [0.5, 0.6) is 11.5 Å². The maximum absolute atomic E-state index is 14.6. The van der Waals surface area contributed by atoms with Crippen LogP contribution >= 0.6 is 0 Å². The van der Waals surface area contributed by atoms with E-state index < -0.39 is 17.7 Å². The van der Waals surface area contributed by atoms with Crippen molar-refractivity contribution < 1.29 is 38.2 Å². The number of methoxy groups -OCH3 is 1. The van der Waals surface area contributed by atoms with Crippen LogP contribution < -0.4 is 25.2 Å². The molecule has 3 aromatic heterocycles. The normalized spacial score (nSPS) is 18.9. The summed E-state index contributed by atoms with van der Waals surface area (Å²) in [5, 5.41) is 3.26. The van der Waals surface area contributed by atoms with Gasteiger partial charge >= 0.3 is 6.09 Å². The first-order valence-electron chi connectivity index (χ1n) is 32.2. The van der Waals surface area contributed by atoms with E-state index >= 15 is 0 Å². The predicted octanol–water partition coefficient (Wildman–Crippen LogP) is 8.13. The number of anilines is 1. The summed E-state index contributed by atoms with van der Waals surface area (Å²) in [5.74, 6) is 1.14. The monoisotopic (exact) mass is 1210 g/mol. The minimum atomic E-state index is -0.775. The van der Waals surface area contributed by atoms with Gasteiger partial charge in [-0.25, -0.2) is 9.78 Å². The molecule has 2 N–H and O–H groups in total. The fourth-order valence-corrected chi connectivity index (χ4v) is 13.4. The molecular formula is C68H91N11O9. The molecule has 20 heteroatoms. The van der Waals surface area contributed by atoms with E-state index in [9.17, 15) is 28.8 Å².